The summed E-state index contributed by atoms with van der Waals surface area (Å²) >= 11 is 0. The Morgan fingerprint density at radius 3 is 1.87 bits per heavy atom. The van der Waals surface area contributed by atoms with Crippen LogP contribution in [0.2, 0.25) is 0 Å². The summed E-state index contributed by atoms with van der Waals surface area (Å²) in [6, 6.07) is 8.72. The van der Waals surface area contributed by atoms with Gasteiger partial charge in [-0.15, -0.1) is 0 Å². The number of amides is 4. The number of carbonyl (C=O) groups is 5. The normalized spacial score (nSPS) is 14.6. The molecule has 10 N–H and O–H groups in total. The molecule has 0 spiro atoms. The molecule has 2 aromatic rings. The summed E-state index contributed by atoms with van der Waals surface area (Å²) in [6.07, 6.45) is -2.07. The van der Waals surface area contributed by atoms with Crippen molar-refractivity contribution in [2.75, 3.05) is 0 Å². The number of hydrogen-bond acceptors (Lipinski definition) is 8. The van der Waals surface area contributed by atoms with Crippen LogP contribution in [0.1, 0.15) is 24.5 Å². The number of phenolic OH excluding ortho intramolecular Hbond substituents is 1. The van der Waals surface area contributed by atoms with Crippen LogP contribution in [-0.2, 0) is 36.8 Å². The molecule has 5 atom stereocenters. The van der Waals surface area contributed by atoms with Gasteiger partial charge < -0.3 is 42.7 Å². The third-order valence-corrected chi connectivity index (χ3v) is 5.73. The molecule has 0 aliphatic rings. The van der Waals surface area contributed by atoms with Gasteiger partial charge in [-0.05, 0) is 30.2 Å². The number of aromatic hydroxyl groups is 1. The zero-order chi connectivity index (χ0) is 29.1. The van der Waals surface area contributed by atoms with Gasteiger partial charge in [0, 0.05) is 12.8 Å². The third-order valence-electron chi connectivity index (χ3n) is 5.73. The van der Waals surface area contributed by atoms with Crippen LogP contribution in [0.4, 0.5) is 0 Å². The van der Waals surface area contributed by atoms with Crippen LogP contribution in [-0.4, -0.2) is 75.2 Å². The number of nitrogens with two attached hydrogens (primary N) is 2. The van der Waals surface area contributed by atoms with Crippen molar-refractivity contribution in [2.24, 2.45) is 11.5 Å². The number of carboxylic acids is 1. The number of rotatable bonds is 14. The van der Waals surface area contributed by atoms with E-state index in [2.05, 4.69) is 16.0 Å². The van der Waals surface area contributed by atoms with Crippen molar-refractivity contribution in [1.29, 1.82) is 0 Å². The van der Waals surface area contributed by atoms with Gasteiger partial charge in [-0.2, -0.15) is 0 Å². The highest BCUT2D eigenvalue weighted by Gasteiger charge is 2.33. The Hall–Kier alpha value is -4.49. The molecule has 210 valence electrons. The Kier molecular flexibility index (Phi) is 11.4. The first-order valence-corrected chi connectivity index (χ1v) is 12.0. The van der Waals surface area contributed by atoms with Gasteiger partial charge in [0.1, 0.15) is 23.9 Å². The first kappa shape index (κ1) is 30.7. The fraction of sp³-hybridized carbons (Fsp3) is 0.346. The molecule has 0 radical (unpaired) electrons. The summed E-state index contributed by atoms with van der Waals surface area (Å²) < 4.78 is 0. The fourth-order valence-electron chi connectivity index (χ4n) is 3.64. The predicted molar refractivity (Wildman–Crippen MR) is 139 cm³/mol. The minimum absolute atomic E-state index is 0.0263. The molecule has 0 aliphatic heterocycles. The monoisotopic (exact) mass is 543 g/mol. The zero-order valence-corrected chi connectivity index (χ0v) is 21.2. The molecule has 0 bridgehead atoms. The number of carboxylic acid groups (broad SMARTS) is 1. The quantitative estimate of drug-likeness (QED) is 0.135. The molecule has 0 aliphatic carbocycles. The summed E-state index contributed by atoms with van der Waals surface area (Å²) in [4.78, 5) is 61.6. The SMILES string of the molecule is CC(O)C(NC(=O)C(Cc1ccc(O)cc1)NC(=O)C(N)CC(N)=O)C(=O)NC(Cc1ccccc1)C(=O)O. The van der Waals surface area contributed by atoms with E-state index in [-0.39, 0.29) is 18.6 Å². The lowest BCUT2D eigenvalue weighted by molar-refractivity contribution is -0.143. The lowest BCUT2D eigenvalue weighted by atomic mass is 10.0. The Morgan fingerprint density at radius 2 is 1.33 bits per heavy atom. The minimum Gasteiger partial charge on any atom is -0.508 e. The Bertz CT molecular complexity index is 1160. The van der Waals surface area contributed by atoms with Crippen molar-refractivity contribution in [3.8, 4) is 5.75 Å². The Morgan fingerprint density at radius 1 is 0.795 bits per heavy atom. The van der Waals surface area contributed by atoms with Crippen LogP contribution in [0.3, 0.4) is 0 Å². The van der Waals surface area contributed by atoms with Crippen LogP contribution in [0.15, 0.2) is 54.6 Å². The molecule has 0 heterocycles. The summed E-state index contributed by atoms with van der Waals surface area (Å²) in [7, 11) is 0. The van der Waals surface area contributed by atoms with Crippen LogP contribution >= 0.6 is 0 Å². The molecular formula is C26H33N5O8. The summed E-state index contributed by atoms with van der Waals surface area (Å²) in [5.74, 6) is -4.88. The largest absolute Gasteiger partial charge is 0.508 e. The molecule has 13 nitrogen and oxygen atoms in total. The number of nitrogens with one attached hydrogen (secondary N) is 3. The molecular weight excluding hydrogens is 510 g/mol. The van der Waals surface area contributed by atoms with E-state index in [1.807, 2.05) is 0 Å². The van der Waals surface area contributed by atoms with Crippen molar-refractivity contribution in [3.05, 3.63) is 65.7 Å². The van der Waals surface area contributed by atoms with Gasteiger partial charge in [0.2, 0.25) is 23.6 Å². The van der Waals surface area contributed by atoms with Crippen LogP contribution in [0, 0.1) is 0 Å². The average molecular weight is 544 g/mol. The van der Waals surface area contributed by atoms with Gasteiger partial charge >= 0.3 is 5.97 Å². The van der Waals surface area contributed by atoms with Crippen molar-refractivity contribution in [2.45, 2.75) is 56.5 Å². The first-order chi connectivity index (χ1) is 18.4. The van der Waals surface area contributed by atoms with E-state index >= 15 is 0 Å². The molecule has 13 heteroatoms. The molecule has 0 fully saturated rings. The molecule has 39 heavy (non-hydrogen) atoms. The van der Waals surface area contributed by atoms with Crippen molar-refractivity contribution >= 4 is 29.6 Å². The molecule has 0 saturated carbocycles. The number of primary amides is 1. The molecule has 4 amide bonds. The number of benzene rings is 2. The van der Waals surface area contributed by atoms with E-state index in [1.54, 1.807) is 30.3 Å². The average Bonchev–Trinajstić information content (AvgIpc) is 2.87. The fourth-order valence-corrected chi connectivity index (χ4v) is 3.64. The van der Waals surface area contributed by atoms with Gasteiger partial charge in [-0.1, -0.05) is 42.5 Å². The maximum absolute atomic E-state index is 13.2. The van der Waals surface area contributed by atoms with Gasteiger partial charge in [0.25, 0.3) is 0 Å². The van der Waals surface area contributed by atoms with Gasteiger partial charge in [-0.25, -0.2) is 4.79 Å². The second-order valence-corrected chi connectivity index (χ2v) is 9.02. The number of phenols is 1. The molecule has 2 rings (SSSR count). The molecule has 0 aromatic heterocycles. The highest BCUT2D eigenvalue weighted by molar-refractivity contribution is 5.95. The maximum atomic E-state index is 13.2. The standard InChI is InChI=1S/C26H33N5O8/c1-14(32)22(25(37)30-20(26(38)39)12-15-5-3-2-4-6-15)31-24(36)19(11-16-7-9-17(33)10-8-16)29-23(35)18(27)13-21(28)34/h2-10,14,18-20,22,32-33H,11-13,27H2,1H3,(H2,28,34)(H,29,35)(H,30,37)(H,31,36)(H,38,39). The highest BCUT2D eigenvalue weighted by Crippen LogP contribution is 2.12. The van der Waals surface area contributed by atoms with Crippen molar-refractivity contribution < 1.29 is 39.3 Å². The Labute approximate surface area is 224 Å². The Balaban J connectivity index is 2.21. The van der Waals surface area contributed by atoms with E-state index in [0.29, 0.717) is 11.1 Å². The number of aliphatic carboxylic acids is 1. The van der Waals surface area contributed by atoms with Gasteiger partial charge in [0.15, 0.2) is 0 Å². The number of carbonyl (C=O) groups excluding carboxylic acids is 4. The van der Waals surface area contributed by atoms with E-state index in [4.69, 9.17) is 11.5 Å². The van der Waals surface area contributed by atoms with E-state index in [0.717, 1.165) is 0 Å². The highest BCUT2D eigenvalue weighted by atomic mass is 16.4. The van der Waals surface area contributed by atoms with Gasteiger partial charge in [0.05, 0.1) is 18.6 Å². The topological polar surface area (TPSA) is 234 Å². The number of aliphatic hydroxyl groups is 1. The summed E-state index contributed by atoms with van der Waals surface area (Å²) in [5, 5.41) is 36.4. The smallest absolute Gasteiger partial charge is 0.326 e. The van der Waals surface area contributed by atoms with Crippen molar-refractivity contribution in [1.82, 2.24) is 16.0 Å². The predicted octanol–water partition coefficient (Wildman–Crippen LogP) is -1.70. The summed E-state index contributed by atoms with van der Waals surface area (Å²) in [6.45, 7) is 1.23. The second kappa shape index (κ2) is 14.4. The number of aliphatic hydroxyl groups excluding tert-OH is 1. The lowest BCUT2D eigenvalue weighted by Crippen LogP contribution is -2.60. The second-order valence-electron chi connectivity index (χ2n) is 9.02. The van der Waals surface area contributed by atoms with Gasteiger partial charge in [-0.3, -0.25) is 19.2 Å². The van der Waals surface area contributed by atoms with E-state index in [9.17, 15) is 39.3 Å². The maximum Gasteiger partial charge on any atom is 0.326 e. The lowest BCUT2D eigenvalue weighted by Gasteiger charge is -2.26. The number of hydrogen-bond donors (Lipinski definition) is 8. The van der Waals surface area contributed by atoms with E-state index < -0.39 is 66.3 Å². The summed E-state index contributed by atoms with van der Waals surface area (Å²) in [5.41, 5.74) is 11.9. The zero-order valence-electron chi connectivity index (χ0n) is 21.2. The first-order valence-electron chi connectivity index (χ1n) is 12.0. The minimum atomic E-state index is -1.58. The molecule has 5 unspecified atom stereocenters. The van der Waals surface area contributed by atoms with Crippen molar-refractivity contribution in [3.63, 3.8) is 0 Å². The third kappa shape index (κ3) is 10.1. The van der Waals surface area contributed by atoms with E-state index in [1.165, 1.54) is 31.2 Å². The van der Waals surface area contributed by atoms with Crippen LogP contribution < -0.4 is 27.4 Å². The van der Waals surface area contributed by atoms with Crippen LogP contribution in [0.5, 0.6) is 5.75 Å². The molecule has 2 aromatic carbocycles. The molecule has 0 saturated heterocycles. The van der Waals surface area contributed by atoms with Crippen LogP contribution in [0.25, 0.3) is 0 Å².